The van der Waals surface area contributed by atoms with Crippen LogP contribution in [0.1, 0.15) is 414 Å². The molecule has 0 aliphatic heterocycles. The van der Waals surface area contributed by atoms with Gasteiger partial charge in [0, 0.05) is 25.7 Å². The first kappa shape index (κ1) is 99.5. The van der Waals surface area contributed by atoms with Crippen LogP contribution in [0.4, 0.5) is 0 Å². The number of hydrogen-bond acceptors (Lipinski definition) is 15. The molecule has 6 atom stereocenters. The smallest absolute Gasteiger partial charge is 0.462 e. The van der Waals surface area contributed by atoms with Crippen molar-refractivity contribution in [2.24, 2.45) is 11.8 Å². The summed E-state index contributed by atoms with van der Waals surface area (Å²) in [5.41, 5.74) is 0. The Morgan fingerprint density at radius 1 is 0.324 bits per heavy atom. The summed E-state index contributed by atoms with van der Waals surface area (Å²) in [4.78, 5) is 73.0. The zero-order valence-corrected chi connectivity index (χ0v) is 68.2. The van der Waals surface area contributed by atoms with Gasteiger partial charge in [0.15, 0.2) is 12.2 Å². The Balaban J connectivity index is 5.25. The zero-order chi connectivity index (χ0) is 74.9. The molecule has 0 amide bonds. The summed E-state index contributed by atoms with van der Waals surface area (Å²) >= 11 is 0. The SMILES string of the molecule is CCCCCC/C=C\C=C/CCCCCCCC(=O)O[C@H](COC(=O)CCCCCCCCC(C)C)COP(=O)(O)OC[C@H](O)COP(=O)(O)OC[C@@H](COC(=O)CCCCCCCCCCCCCCCCC(C)CC)OC(=O)CCCCCCCCCCCCCCCCCCCCCC. The molecule has 0 rings (SSSR count). The lowest BCUT2D eigenvalue weighted by molar-refractivity contribution is -0.161. The van der Waals surface area contributed by atoms with Crippen molar-refractivity contribution in [3.8, 4) is 0 Å². The largest absolute Gasteiger partial charge is 0.472 e. The summed E-state index contributed by atoms with van der Waals surface area (Å²) in [6.07, 6.45) is 67.6. The lowest BCUT2D eigenvalue weighted by Crippen LogP contribution is -2.30. The predicted molar refractivity (Wildman–Crippen MR) is 418 cm³/mol. The normalized spacial score (nSPS) is 14.3. The number of esters is 4. The van der Waals surface area contributed by atoms with E-state index in [4.69, 9.17) is 37.0 Å². The van der Waals surface area contributed by atoms with Gasteiger partial charge in [0.1, 0.15) is 19.3 Å². The number of aliphatic hydroxyl groups is 1. The van der Waals surface area contributed by atoms with Gasteiger partial charge in [0.2, 0.25) is 0 Å². The van der Waals surface area contributed by atoms with Gasteiger partial charge in [-0.1, -0.05) is 361 Å². The molecule has 3 N–H and O–H groups in total. The van der Waals surface area contributed by atoms with Gasteiger partial charge in [-0.15, -0.1) is 0 Å². The molecule has 0 aliphatic rings. The molecular weight excluding hydrogens is 1330 g/mol. The number of rotatable bonds is 80. The Kier molecular flexibility index (Phi) is 72.2. The molecule has 0 radical (unpaired) electrons. The third kappa shape index (κ3) is 74.4. The summed E-state index contributed by atoms with van der Waals surface area (Å²) in [5.74, 6) is -0.615. The van der Waals surface area contributed by atoms with E-state index in [-0.39, 0.29) is 25.7 Å². The van der Waals surface area contributed by atoms with Gasteiger partial charge in [-0.25, -0.2) is 9.13 Å². The quantitative estimate of drug-likeness (QED) is 0.0169. The van der Waals surface area contributed by atoms with Crippen molar-refractivity contribution in [3.63, 3.8) is 0 Å². The molecule has 602 valence electrons. The topological polar surface area (TPSA) is 237 Å². The summed E-state index contributed by atoms with van der Waals surface area (Å²) in [6, 6.07) is 0. The molecule has 0 aromatic rings. The van der Waals surface area contributed by atoms with Gasteiger partial charge in [0.25, 0.3) is 0 Å². The predicted octanol–water partition coefficient (Wildman–Crippen LogP) is 24.6. The van der Waals surface area contributed by atoms with Crippen molar-refractivity contribution in [2.45, 2.75) is 432 Å². The van der Waals surface area contributed by atoms with E-state index >= 15 is 0 Å². The maximum Gasteiger partial charge on any atom is 0.472 e. The Labute approximate surface area is 624 Å². The van der Waals surface area contributed by atoms with Crippen LogP contribution in [-0.2, 0) is 65.4 Å². The third-order valence-corrected chi connectivity index (χ3v) is 21.1. The molecule has 17 nitrogen and oxygen atoms in total. The van der Waals surface area contributed by atoms with Crippen LogP contribution < -0.4 is 0 Å². The molecule has 0 aromatic carbocycles. The molecule has 0 heterocycles. The van der Waals surface area contributed by atoms with Gasteiger partial charge >= 0.3 is 39.5 Å². The molecule has 0 aromatic heterocycles. The summed E-state index contributed by atoms with van der Waals surface area (Å²) in [5, 5.41) is 10.6. The van der Waals surface area contributed by atoms with Crippen molar-refractivity contribution in [3.05, 3.63) is 24.3 Å². The van der Waals surface area contributed by atoms with Crippen LogP contribution in [-0.4, -0.2) is 96.7 Å². The summed E-state index contributed by atoms with van der Waals surface area (Å²) in [7, 11) is -9.93. The highest BCUT2D eigenvalue weighted by Crippen LogP contribution is 2.45. The molecule has 102 heavy (non-hydrogen) atoms. The highest BCUT2D eigenvalue weighted by molar-refractivity contribution is 7.47. The lowest BCUT2D eigenvalue weighted by atomic mass is 9.99. The number of ether oxygens (including phenoxy) is 4. The number of hydrogen-bond donors (Lipinski definition) is 3. The summed E-state index contributed by atoms with van der Waals surface area (Å²) < 4.78 is 68.7. The van der Waals surface area contributed by atoms with Crippen LogP contribution in [0.3, 0.4) is 0 Å². The van der Waals surface area contributed by atoms with E-state index in [1.807, 2.05) is 0 Å². The van der Waals surface area contributed by atoms with Crippen LogP contribution in [0.2, 0.25) is 0 Å². The van der Waals surface area contributed by atoms with E-state index in [0.717, 1.165) is 115 Å². The molecule has 0 aliphatic carbocycles. The minimum Gasteiger partial charge on any atom is -0.462 e. The Hall–Kier alpha value is -2.46. The van der Waals surface area contributed by atoms with Crippen LogP contribution in [0.5, 0.6) is 0 Å². The van der Waals surface area contributed by atoms with Gasteiger partial charge in [-0.05, 0) is 63.2 Å². The first-order chi connectivity index (χ1) is 49.4. The van der Waals surface area contributed by atoms with E-state index in [9.17, 15) is 43.2 Å². The second-order valence-corrected chi connectivity index (χ2v) is 32.8. The number of allylic oxidation sites excluding steroid dienone is 4. The van der Waals surface area contributed by atoms with Crippen molar-refractivity contribution in [1.29, 1.82) is 0 Å². The molecule has 19 heteroatoms. The number of phosphoric acid groups is 2. The number of phosphoric ester groups is 2. The van der Waals surface area contributed by atoms with Crippen molar-refractivity contribution in [2.75, 3.05) is 39.6 Å². The monoisotopic (exact) mass is 1490 g/mol. The Bertz CT molecular complexity index is 2060. The summed E-state index contributed by atoms with van der Waals surface area (Å²) in [6.45, 7) is 9.55. The van der Waals surface area contributed by atoms with Crippen LogP contribution >= 0.6 is 15.6 Å². The van der Waals surface area contributed by atoms with Gasteiger partial charge < -0.3 is 33.8 Å². The van der Waals surface area contributed by atoms with Crippen LogP contribution in [0, 0.1) is 11.8 Å². The fourth-order valence-corrected chi connectivity index (χ4v) is 13.9. The fraction of sp³-hybridized carbons (Fsp3) is 0.904. The molecular formula is C83H158O17P2. The average Bonchev–Trinajstić information content (AvgIpc) is 0.914. The number of carbonyl (C=O) groups is 4. The third-order valence-electron chi connectivity index (χ3n) is 19.2. The maximum absolute atomic E-state index is 13.1. The molecule has 0 saturated heterocycles. The molecule has 0 spiro atoms. The maximum atomic E-state index is 13.1. The second-order valence-electron chi connectivity index (χ2n) is 29.9. The first-order valence-corrected chi connectivity index (χ1v) is 45.3. The second kappa shape index (κ2) is 74.0. The number of carbonyl (C=O) groups excluding carboxylic acids is 4. The molecule has 3 unspecified atom stereocenters. The standard InChI is InChI=1S/C83H158O17P2/c1-7-10-12-14-16-18-20-22-24-25-26-27-28-30-36-40-44-48-56-62-67-82(87)99-78(71-93-80(85)65-59-53-46-42-38-34-32-31-33-37-41-45-52-58-64-76(6)9-3)73-97-101(89,90)95-69-77(84)70-96-102(91,92)98-74-79(72-94-81(86)66-60-54-50-49-51-57-63-75(4)5)100-83(88)68-61-55-47-43-39-35-29-23-21-19-17-15-13-11-8-2/h19,21,23,29,75-79,84H,7-18,20,22,24-28,30-74H2,1-6H3,(H,89,90)(H,91,92)/b21-19-,29-23-/t76?,77-,78-,79-/m1/s1. The first-order valence-electron chi connectivity index (χ1n) is 42.3. The van der Waals surface area contributed by atoms with Crippen molar-refractivity contribution < 1.29 is 80.2 Å². The fourth-order valence-electron chi connectivity index (χ4n) is 12.3. The number of aliphatic hydroxyl groups excluding tert-OH is 1. The van der Waals surface area contributed by atoms with E-state index in [0.29, 0.717) is 31.6 Å². The Morgan fingerprint density at radius 2 is 0.578 bits per heavy atom. The molecule has 0 fully saturated rings. The van der Waals surface area contributed by atoms with Gasteiger partial charge in [-0.2, -0.15) is 0 Å². The van der Waals surface area contributed by atoms with E-state index in [1.54, 1.807) is 0 Å². The molecule has 0 saturated carbocycles. The minimum atomic E-state index is -4.97. The van der Waals surface area contributed by atoms with E-state index in [1.165, 1.54) is 212 Å². The molecule has 0 bridgehead atoms. The van der Waals surface area contributed by atoms with Gasteiger partial charge in [-0.3, -0.25) is 37.3 Å². The van der Waals surface area contributed by atoms with E-state index < -0.39 is 97.5 Å². The zero-order valence-electron chi connectivity index (χ0n) is 66.4. The van der Waals surface area contributed by atoms with Crippen LogP contribution in [0.15, 0.2) is 24.3 Å². The van der Waals surface area contributed by atoms with E-state index in [2.05, 4.69) is 65.8 Å². The van der Waals surface area contributed by atoms with Crippen molar-refractivity contribution in [1.82, 2.24) is 0 Å². The van der Waals surface area contributed by atoms with Crippen LogP contribution in [0.25, 0.3) is 0 Å². The Morgan fingerprint density at radius 3 is 0.882 bits per heavy atom. The lowest BCUT2D eigenvalue weighted by Gasteiger charge is -2.21. The highest BCUT2D eigenvalue weighted by atomic mass is 31.2. The average molecular weight is 1490 g/mol. The van der Waals surface area contributed by atoms with Gasteiger partial charge in [0.05, 0.1) is 26.4 Å². The van der Waals surface area contributed by atoms with Crippen molar-refractivity contribution >= 4 is 39.5 Å². The minimum absolute atomic E-state index is 0.0842. The number of unbranched alkanes of at least 4 members (excludes halogenated alkanes) is 46. The highest BCUT2D eigenvalue weighted by Gasteiger charge is 2.30.